The molecule has 0 aliphatic heterocycles. The van der Waals surface area contributed by atoms with Crippen molar-refractivity contribution < 1.29 is 13.6 Å². The van der Waals surface area contributed by atoms with Crippen LogP contribution >= 0.6 is 19.3 Å². The van der Waals surface area contributed by atoms with Crippen molar-refractivity contribution in [3.8, 4) is 0 Å². The van der Waals surface area contributed by atoms with E-state index in [0.717, 1.165) is 6.42 Å². The van der Waals surface area contributed by atoms with Gasteiger partial charge in [0.25, 0.3) is 0 Å². The van der Waals surface area contributed by atoms with Gasteiger partial charge in [0, 0.05) is 18.1 Å². The summed E-state index contributed by atoms with van der Waals surface area (Å²) in [7, 11) is -3.21. The largest absolute Gasteiger partial charge is 0.408 e. The van der Waals surface area contributed by atoms with Gasteiger partial charge >= 0.3 is 7.75 Å². The molecule has 0 aromatic heterocycles. The third-order valence-electron chi connectivity index (χ3n) is 1.92. The minimum atomic E-state index is -3.21. The molecule has 0 saturated carbocycles. The smallest absolute Gasteiger partial charge is 0.297 e. The minimum absolute atomic E-state index is 0.0407. The lowest BCUT2D eigenvalue weighted by Crippen LogP contribution is -2.23. The molecule has 0 rings (SSSR count). The van der Waals surface area contributed by atoms with Crippen molar-refractivity contribution >= 4 is 19.3 Å². The van der Waals surface area contributed by atoms with Gasteiger partial charge in [0.15, 0.2) is 0 Å². The highest BCUT2D eigenvalue weighted by atomic mass is 35.5. The number of hydrogen-bond acceptors (Lipinski definition) is 3. The van der Waals surface area contributed by atoms with Crippen LogP contribution in [0, 0.1) is 0 Å². The maximum Gasteiger partial charge on any atom is 0.408 e. The van der Waals surface area contributed by atoms with E-state index in [9.17, 15) is 4.57 Å². The Kier molecular flexibility index (Phi) is 8.34. The molecule has 16 heavy (non-hydrogen) atoms. The molecule has 0 heterocycles. The van der Waals surface area contributed by atoms with E-state index in [2.05, 4.69) is 6.58 Å². The summed E-state index contributed by atoms with van der Waals surface area (Å²) in [4.78, 5) is 0. The van der Waals surface area contributed by atoms with Crippen LogP contribution in [0.25, 0.3) is 0 Å². The molecule has 0 aliphatic carbocycles. The van der Waals surface area contributed by atoms with Gasteiger partial charge in [0.05, 0.1) is 13.2 Å². The molecule has 0 radical (unpaired) electrons. The van der Waals surface area contributed by atoms with E-state index in [0.29, 0.717) is 24.7 Å². The highest BCUT2D eigenvalue weighted by Gasteiger charge is 2.31. The van der Waals surface area contributed by atoms with E-state index in [4.69, 9.17) is 20.6 Å². The number of nitrogens with zero attached hydrogens (tertiary/aromatic N) is 1. The summed E-state index contributed by atoms with van der Waals surface area (Å²) in [6, 6.07) is 0. The molecular formula is C10H21ClNO3P. The van der Waals surface area contributed by atoms with Crippen molar-refractivity contribution in [3.05, 3.63) is 11.6 Å². The Morgan fingerprint density at radius 3 is 2.25 bits per heavy atom. The van der Waals surface area contributed by atoms with Gasteiger partial charge in [-0.15, -0.1) is 0 Å². The Labute approximate surface area is 103 Å². The SMILES string of the molecule is C=C(Cl)COP(=O)(OCCC)N(CC)CC. The molecule has 96 valence electrons. The van der Waals surface area contributed by atoms with Crippen LogP contribution < -0.4 is 0 Å². The van der Waals surface area contributed by atoms with Gasteiger partial charge in [-0.1, -0.05) is 39.0 Å². The van der Waals surface area contributed by atoms with Crippen LogP contribution in [0.4, 0.5) is 0 Å². The van der Waals surface area contributed by atoms with E-state index in [1.54, 1.807) is 4.67 Å². The standard InChI is InChI=1S/C10H21ClNO3P/c1-5-8-14-16(13,12(6-2)7-3)15-9-10(4)11/h4-9H2,1-3H3. The Bertz CT molecular complexity index is 256. The molecule has 0 aliphatic rings. The highest BCUT2D eigenvalue weighted by Crippen LogP contribution is 2.52. The molecular weight excluding hydrogens is 249 g/mol. The van der Waals surface area contributed by atoms with Crippen molar-refractivity contribution in [1.29, 1.82) is 0 Å². The zero-order valence-corrected chi connectivity index (χ0v) is 11.9. The second-order valence-electron chi connectivity index (χ2n) is 3.23. The van der Waals surface area contributed by atoms with Gasteiger partial charge in [-0.2, -0.15) is 0 Å². The second-order valence-corrected chi connectivity index (χ2v) is 5.79. The molecule has 0 N–H and O–H groups in total. The molecule has 1 atom stereocenters. The Hall–Kier alpha value is 0.140. The van der Waals surface area contributed by atoms with Crippen LogP contribution in [0.5, 0.6) is 0 Å². The van der Waals surface area contributed by atoms with Gasteiger partial charge in [-0.05, 0) is 6.42 Å². The molecule has 0 amide bonds. The van der Waals surface area contributed by atoms with E-state index < -0.39 is 7.75 Å². The van der Waals surface area contributed by atoms with Gasteiger partial charge in [0.2, 0.25) is 0 Å². The predicted molar refractivity (Wildman–Crippen MR) is 67.7 cm³/mol. The van der Waals surface area contributed by atoms with Crippen molar-refractivity contribution in [3.63, 3.8) is 0 Å². The van der Waals surface area contributed by atoms with Crippen molar-refractivity contribution in [2.45, 2.75) is 27.2 Å². The third kappa shape index (κ3) is 5.46. The van der Waals surface area contributed by atoms with Gasteiger partial charge in [-0.3, -0.25) is 9.05 Å². The van der Waals surface area contributed by atoms with Crippen LogP contribution in [0.3, 0.4) is 0 Å². The molecule has 6 heteroatoms. The monoisotopic (exact) mass is 269 g/mol. The Morgan fingerprint density at radius 1 is 1.31 bits per heavy atom. The lowest BCUT2D eigenvalue weighted by atomic mass is 10.5. The summed E-state index contributed by atoms with van der Waals surface area (Å²) < 4.78 is 24.7. The number of rotatable bonds is 9. The first-order valence-electron chi connectivity index (χ1n) is 5.47. The number of halogens is 1. The number of hydrogen-bond donors (Lipinski definition) is 0. The quantitative estimate of drug-likeness (QED) is 0.599. The van der Waals surface area contributed by atoms with Gasteiger partial charge in [-0.25, -0.2) is 9.24 Å². The fourth-order valence-electron chi connectivity index (χ4n) is 1.13. The maximum atomic E-state index is 12.4. The van der Waals surface area contributed by atoms with Crippen LogP contribution in [-0.4, -0.2) is 31.0 Å². The van der Waals surface area contributed by atoms with Gasteiger partial charge < -0.3 is 0 Å². The average molecular weight is 270 g/mol. The van der Waals surface area contributed by atoms with Crippen LogP contribution in [0.15, 0.2) is 11.6 Å². The molecule has 0 bridgehead atoms. The van der Waals surface area contributed by atoms with E-state index in [1.807, 2.05) is 20.8 Å². The Morgan fingerprint density at radius 2 is 1.88 bits per heavy atom. The molecule has 0 spiro atoms. The predicted octanol–water partition coefficient (Wildman–Crippen LogP) is 3.63. The molecule has 0 aromatic rings. The minimum Gasteiger partial charge on any atom is -0.297 e. The van der Waals surface area contributed by atoms with E-state index in [1.165, 1.54) is 0 Å². The summed E-state index contributed by atoms with van der Waals surface area (Å²) in [5.74, 6) is 0. The summed E-state index contributed by atoms with van der Waals surface area (Å²) >= 11 is 5.59. The molecule has 0 aromatic carbocycles. The fraction of sp³-hybridized carbons (Fsp3) is 0.800. The molecule has 0 fully saturated rings. The lowest BCUT2D eigenvalue weighted by Gasteiger charge is -2.27. The molecule has 1 unspecified atom stereocenters. The third-order valence-corrected chi connectivity index (χ3v) is 4.25. The first-order valence-corrected chi connectivity index (χ1v) is 7.35. The first-order chi connectivity index (χ1) is 7.50. The van der Waals surface area contributed by atoms with Crippen LogP contribution in [0.1, 0.15) is 27.2 Å². The van der Waals surface area contributed by atoms with Crippen LogP contribution in [0.2, 0.25) is 0 Å². The normalized spacial score (nSPS) is 15.1. The second kappa shape index (κ2) is 8.26. The van der Waals surface area contributed by atoms with E-state index >= 15 is 0 Å². The van der Waals surface area contributed by atoms with Crippen molar-refractivity contribution in [1.82, 2.24) is 4.67 Å². The Balaban J connectivity index is 4.58. The first kappa shape index (κ1) is 16.1. The summed E-state index contributed by atoms with van der Waals surface area (Å²) in [6.07, 6.45) is 0.788. The topological polar surface area (TPSA) is 38.8 Å². The average Bonchev–Trinajstić information content (AvgIpc) is 2.25. The summed E-state index contributed by atoms with van der Waals surface area (Å²) in [6.45, 7) is 10.9. The van der Waals surface area contributed by atoms with Crippen molar-refractivity contribution in [2.24, 2.45) is 0 Å². The van der Waals surface area contributed by atoms with Crippen LogP contribution in [-0.2, 0) is 13.6 Å². The van der Waals surface area contributed by atoms with Crippen molar-refractivity contribution in [2.75, 3.05) is 26.3 Å². The lowest BCUT2D eigenvalue weighted by molar-refractivity contribution is 0.170. The fourth-order valence-corrected chi connectivity index (χ4v) is 3.09. The van der Waals surface area contributed by atoms with Gasteiger partial charge in [0.1, 0.15) is 0 Å². The zero-order chi connectivity index (χ0) is 12.6. The molecule has 0 saturated heterocycles. The van der Waals surface area contributed by atoms with E-state index in [-0.39, 0.29) is 6.61 Å². The highest BCUT2D eigenvalue weighted by molar-refractivity contribution is 7.51. The summed E-state index contributed by atoms with van der Waals surface area (Å²) in [5, 5.41) is 0.312. The summed E-state index contributed by atoms with van der Waals surface area (Å²) in [5.41, 5.74) is 0. The zero-order valence-electron chi connectivity index (χ0n) is 10.2. The maximum absolute atomic E-state index is 12.4. The molecule has 4 nitrogen and oxygen atoms in total.